The van der Waals surface area contributed by atoms with E-state index in [1.54, 1.807) is 55.0 Å². The Morgan fingerprint density at radius 2 is 2.00 bits per heavy atom. The molecule has 6 rings (SSSR count). The van der Waals surface area contributed by atoms with Gasteiger partial charge in [-0.3, -0.25) is 19.8 Å². The third-order valence-electron chi connectivity index (χ3n) is 5.80. The lowest BCUT2D eigenvalue weighted by Crippen LogP contribution is -2.35. The topological polar surface area (TPSA) is 99.7 Å². The summed E-state index contributed by atoms with van der Waals surface area (Å²) in [6, 6.07) is 9.03. The highest BCUT2D eigenvalue weighted by atomic mass is 32.1. The number of halogens is 1. The SMILES string of the molecule is CC(=O)c1ccc(-c2nccc3[nH]c(C4=CNN(C)c5ncc(-c6cccnc6)c(F)c54)nc23)s1. The molecule has 5 aromatic heterocycles. The number of Topliss-reactive ketones (excluding diaryl/α,β-unsaturated/α-hetero) is 1. The number of fused-ring (bicyclic) bond motifs is 2. The number of rotatable bonds is 4. The summed E-state index contributed by atoms with van der Waals surface area (Å²) in [6.07, 6.45) is 8.14. The Morgan fingerprint density at radius 3 is 2.77 bits per heavy atom. The lowest BCUT2D eigenvalue weighted by molar-refractivity contribution is 0.102. The average Bonchev–Trinajstić information content (AvgIpc) is 3.53. The van der Waals surface area contributed by atoms with Crippen molar-refractivity contribution in [2.75, 3.05) is 12.1 Å². The van der Waals surface area contributed by atoms with Crippen molar-refractivity contribution in [1.82, 2.24) is 30.3 Å². The van der Waals surface area contributed by atoms with E-state index in [0.717, 1.165) is 10.4 Å². The van der Waals surface area contributed by atoms with Crippen LogP contribution >= 0.6 is 11.3 Å². The Kier molecular flexibility index (Phi) is 4.89. The maximum atomic E-state index is 16.0. The van der Waals surface area contributed by atoms with Crippen molar-refractivity contribution in [2.24, 2.45) is 0 Å². The van der Waals surface area contributed by atoms with Gasteiger partial charge in [0.05, 0.1) is 20.8 Å². The summed E-state index contributed by atoms with van der Waals surface area (Å²) < 4.78 is 16.0. The third-order valence-corrected chi connectivity index (χ3v) is 6.99. The van der Waals surface area contributed by atoms with Crippen LogP contribution in [-0.2, 0) is 0 Å². The molecule has 1 aliphatic heterocycles. The molecule has 8 nitrogen and oxygen atoms in total. The van der Waals surface area contributed by atoms with Crippen LogP contribution in [-0.4, -0.2) is 37.8 Å². The number of hydrazine groups is 1. The number of pyridine rings is 3. The Bertz CT molecular complexity index is 1640. The second-order valence-electron chi connectivity index (χ2n) is 8.03. The monoisotopic (exact) mass is 483 g/mol. The number of anilines is 1. The molecule has 0 aromatic carbocycles. The van der Waals surface area contributed by atoms with Gasteiger partial charge in [0.2, 0.25) is 0 Å². The number of thiophene rings is 1. The van der Waals surface area contributed by atoms with Crippen LogP contribution in [0.4, 0.5) is 10.2 Å². The normalized spacial score (nSPS) is 12.9. The van der Waals surface area contributed by atoms with Gasteiger partial charge in [-0.05, 0) is 31.2 Å². The number of nitrogens with one attached hydrogen (secondary N) is 2. The van der Waals surface area contributed by atoms with Gasteiger partial charge in [-0.15, -0.1) is 11.3 Å². The Morgan fingerprint density at radius 1 is 1.11 bits per heavy atom. The molecule has 0 spiro atoms. The number of carbonyl (C=O) groups excluding carboxylic acids is 1. The number of aromatic amines is 1. The molecule has 0 saturated heterocycles. The maximum absolute atomic E-state index is 16.0. The smallest absolute Gasteiger partial charge is 0.169 e. The van der Waals surface area contributed by atoms with Crippen LogP contribution in [0, 0.1) is 5.82 Å². The van der Waals surface area contributed by atoms with Gasteiger partial charge in [0.15, 0.2) is 11.6 Å². The minimum Gasteiger partial charge on any atom is -0.338 e. The van der Waals surface area contributed by atoms with Crippen LogP contribution in [0.5, 0.6) is 0 Å². The molecule has 35 heavy (non-hydrogen) atoms. The van der Waals surface area contributed by atoms with Crippen LogP contribution in [0.3, 0.4) is 0 Å². The first-order valence-electron chi connectivity index (χ1n) is 10.8. The first-order chi connectivity index (χ1) is 17.0. The fourth-order valence-electron chi connectivity index (χ4n) is 4.08. The second kappa shape index (κ2) is 8.10. The number of H-pyrrole nitrogens is 1. The van der Waals surface area contributed by atoms with Gasteiger partial charge in [0.1, 0.15) is 22.9 Å². The molecular formula is C25H18FN7OS. The van der Waals surface area contributed by atoms with Crippen LogP contribution < -0.4 is 10.4 Å². The number of carbonyl (C=O) groups is 1. The molecule has 172 valence electrons. The quantitative estimate of drug-likeness (QED) is 0.353. The van der Waals surface area contributed by atoms with Gasteiger partial charge < -0.3 is 10.4 Å². The molecule has 0 saturated carbocycles. The van der Waals surface area contributed by atoms with Gasteiger partial charge in [-0.1, -0.05) is 6.07 Å². The molecule has 0 aliphatic carbocycles. The molecule has 2 N–H and O–H groups in total. The number of ketones is 1. The van der Waals surface area contributed by atoms with E-state index >= 15 is 4.39 Å². The third kappa shape index (κ3) is 3.46. The van der Waals surface area contributed by atoms with Gasteiger partial charge in [-0.25, -0.2) is 14.4 Å². The van der Waals surface area contributed by atoms with E-state index in [1.807, 2.05) is 12.1 Å². The summed E-state index contributed by atoms with van der Waals surface area (Å²) in [6.45, 7) is 1.54. The molecule has 10 heteroatoms. The van der Waals surface area contributed by atoms with E-state index in [2.05, 4.69) is 25.4 Å². The van der Waals surface area contributed by atoms with Gasteiger partial charge in [0.25, 0.3) is 0 Å². The molecule has 0 radical (unpaired) electrons. The van der Waals surface area contributed by atoms with Crippen LogP contribution in [0.1, 0.15) is 28.0 Å². The largest absolute Gasteiger partial charge is 0.338 e. The van der Waals surface area contributed by atoms with Gasteiger partial charge in [-0.2, -0.15) is 0 Å². The molecule has 0 fully saturated rings. The lowest BCUT2D eigenvalue weighted by atomic mass is 10.00. The summed E-state index contributed by atoms with van der Waals surface area (Å²) in [5.74, 6) is 0.507. The van der Waals surface area contributed by atoms with Crippen molar-refractivity contribution >= 4 is 39.5 Å². The molecule has 0 atom stereocenters. The fourth-order valence-corrected chi connectivity index (χ4v) is 4.97. The van der Waals surface area contributed by atoms with E-state index in [-0.39, 0.29) is 5.78 Å². The molecular weight excluding hydrogens is 465 g/mol. The van der Waals surface area contributed by atoms with Crippen LogP contribution in [0.15, 0.2) is 61.3 Å². The van der Waals surface area contributed by atoms with E-state index in [4.69, 9.17) is 4.98 Å². The number of hydrogen-bond acceptors (Lipinski definition) is 8. The first kappa shape index (κ1) is 21.1. The van der Waals surface area contributed by atoms with Crippen molar-refractivity contribution in [3.63, 3.8) is 0 Å². The molecule has 0 unspecified atom stereocenters. The summed E-state index contributed by atoms with van der Waals surface area (Å²) in [5.41, 5.74) is 7.00. The van der Waals surface area contributed by atoms with Crippen molar-refractivity contribution in [2.45, 2.75) is 6.92 Å². The van der Waals surface area contributed by atoms with Crippen molar-refractivity contribution < 1.29 is 9.18 Å². The van der Waals surface area contributed by atoms with E-state index in [0.29, 0.717) is 50.0 Å². The van der Waals surface area contributed by atoms with Crippen molar-refractivity contribution in [1.29, 1.82) is 0 Å². The van der Waals surface area contributed by atoms with Gasteiger partial charge >= 0.3 is 0 Å². The van der Waals surface area contributed by atoms with Crippen molar-refractivity contribution in [3.05, 3.63) is 83.4 Å². The average molecular weight is 484 g/mol. The summed E-state index contributed by atoms with van der Waals surface area (Å²) in [4.78, 5) is 34.5. The van der Waals surface area contributed by atoms with Gasteiger partial charge in [0, 0.05) is 54.7 Å². The van der Waals surface area contributed by atoms with E-state index in [1.165, 1.54) is 24.5 Å². The zero-order valence-electron chi connectivity index (χ0n) is 18.7. The summed E-state index contributed by atoms with van der Waals surface area (Å²) in [5, 5.41) is 1.65. The summed E-state index contributed by atoms with van der Waals surface area (Å²) in [7, 11) is 1.77. The number of imidazole rings is 1. The molecule has 0 amide bonds. The highest BCUT2D eigenvalue weighted by molar-refractivity contribution is 7.17. The lowest BCUT2D eigenvalue weighted by Gasteiger charge is -2.27. The summed E-state index contributed by atoms with van der Waals surface area (Å²) >= 11 is 1.37. The fraction of sp³-hybridized carbons (Fsp3) is 0.0800. The highest BCUT2D eigenvalue weighted by Gasteiger charge is 2.28. The predicted octanol–water partition coefficient (Wildman–Crippen LogP) is 4.83. The molecule has 0 bridgehead atoms. The van der Waals surface area contributed by atoms with E-state index in [9.17, 15) is 4.79 Å². The molecule has 6 heterocycles. The Balaban J connectivity index is 1.51. The van der Waals surface area contributed by atoms with Crippen LogP contribution in [0.25, 0.3) is 38.3 Å². The highest BCUT2D eigenvalue weighted by Crippen LogP contribution is 2.38. The Hall–Kier alpha value is -4.44. The zero-order chi connectivity index (χ0) is 24.1. The maximum Gasteiger partial charge on any atom is 0.169 e. The molecule has 1 aliphatic rings. The zero-order valence-corrected chi connectivity index (χ0v) is 19.5. The standard InChI is InChI=1S/C25H18FN7OS/c1-13(34)18-5-6-19(35-18)23-22-17(7-9-28-23)31-24(32-22)16-12-30-33(2)25-20(16)21(26)15(11-29-25)14-4-3-8-27-10-14/h3-12,30H,1-2H3,(H,31,32). The number of aromatic nitrogens is 5. The van der Waals surface area contributed by atoms with Crippen LogP contribution in [0.2, 0.25) is 0 Å². The number of hydrogen-bond donors (Lipinski definition) is 2. The van der Waals surface area contributed by atoms with E-state index < -0.39 is 5.82 Å². The molecule has 5 aromatic rings. The minimum atomic E-state index is -0.411. The van der Waals surface area contributed by atoms with Crippen molar-refractivity contribution in [3.8, 4) is 21.7 Å². The second-order valence-corrected chi connectivity index (χ2v) is 9.12. The first-order valence-corrected chi connectivity index (χ1v) is 11.6. The Labute approximate surface area is 203 Å². The number of nitrogens with zero attached hydrogens (tertiary/aromatic N) is 5. The predicted molar refractivity (Wildman–Crippen MR) is 133 cm³/mol. The minimum absolute atomic E-state index is 0.00250.